The number of nitrogens with zero attached hydrogens (tertiary/aromatic N) is 2. The van der Waals surface area contributed by atoms with Gasteiger partial charge in [-0.1, -0.05) is 29.8 Å². The van der Waals surface area contributed by atoms with E-state index in [4.69, 9.17) is 4.74 Å². The third-order valence-corrected chi connectivity index (χ3v) is 7.33. The maximum absolute atomic E-state index is 13.5. The Morgan fingerprint density at radius 1 is 1.15 bits per heavy atom. The Morgan fingerprint density at radius 2 is 1.85 bits per heavy atom. The number of esters is 1. The van der Waals surface area contributed by atoms with E-state index in [1.807, 2.05) is 6.92 Å². The maximum atomic E-state index is 13.5. The van der Waals surface area contributed by atoms with Gasteiger partial charge < -0.3 is 4.74 Å². The Hall–Kier alpha value is -3.79. The first-order valence-corrected chi connectivity index (χ1v) is 11.6. The summed E-state index contributed by atoms with van der Waals surface area (Å²) in [6.45, 7) is 3.44. The number of benzene rings is 2. The number of nitro groups is 1. The second-order valence-electron chi connectivity index (χ2n) is 7.65. The molecule has 170 valence electrons. The molecule has 0 unspecified atom stereocenters. The molecule has 2 atom stereocenters. The molecule has 1 aliphatic carbocycles. The number of carbonyl (C=O) groups excluding carboxylic acids is 2. The smallest absolute Gasteiger partial charge is 0.317 e. The number of ether oxygens (including phenoxy) is 1. The third kappa shape index (κ3) is 3.72. The third-order valence-electron chi connectivity index (χ3n) is 5.62. The minimum absolute atomic E-state index is 0.0105. The first-order chi connectivity index (χ1) is 15.7. The number of nitro benzene ring substituents is 1. The molecule has 1 heterocycles. The summed E-state index contributed by atoms with van der Waals surface area (Å²) >= 11 is 0. The number of rotatable bonds is 6. The number of carbonyl (C=O) groups is 2. The molecule has 3 aromatic rings. The van der Waals surface area contributed by atoms with Crippen molar-refractivity contribution in [3.8, 4) is 0 Å². The van der Waals surface area contributed by atoms with E-state index in [1.54, 1.807) is 19.1 Å². The number of fused-ring (bicyclic) bond motifs is 1. The van der Waals surface area contributed by atoms with Crippen molar-refractivity contribution < 1.29 is 27.7 Å². The summed E-state index contributed by atoms with van der Waals surface area (Å²) in [5.41, 5.74) is 1.06. The summed E-state index contributed by atoms with van der Waals surface area (Å²) < 4.78 is 33.0. The molecule has 1 aromatic heterocycles. The van der Waals surface area contributed by atoms with Crippen LogP contribution in [0.2, 0.25) is 0 Å². The van der Waals surface area contributed by atoms with Crippen molar-refractivity contribution in [3.05, 3.63) is 93.3 Å². The molecular formula is C23H20N2O7S. The Kier molecular flexibility index (Phi) is 5.62. The van der Waals surface area contributed by atoms with E-state index in [-0.39, 0.29) is 34.0 Å². The van der Waals surface area contributed by atoms with E-state index >= 15 is 0 Å². The molecule has 0 spiro atoms. The van der Waals surface area contributed by atoms with Crippen molar-refractivity contribution in [1.82, 2.24) is 3.97 Å². The Bertz CT molecular complexity index is 1370. The zero-order valence-electron chi connectivity index (χ0n) is 17.8. The van der Waals surface area contributed by atoms with Crippen molar-refractivity contribution in [2.24, 2.45) is 5.92 Å². The zero-order chi connectivity index (χ0) is 23.9. The van der Waals surface area contributed by atoms with Crippen molar-refractivity contribution in [3.63, 3.8) is 0 Å². The van der Waals surface area contributed by atoms with Crippen molar-refractivity contribution >= 4 is 27.5 Å². The highest BCUT2D eigenvalue weighted by atomic mass is 32.2. The highest BCUT2D eigenvalue weighted by Gasteiger charge is 2.49. The summed E-state index contributed by atoms with van der Waals surface area (Å²) in [7, 11) is -4.11. The Balaban J connectivity index is 1.94. The van der Waals surface area contributed by atoms with Crippen LogP contribution in [0.3, 0.4) is 0 Å². The van der Waals surface area contributed by atoms with E-state index < -0.39 is 38.5 Å². The minimum atomic E-state index is -4.11. The molecule has 1 aliphatic rings. The fraction of sp³-hybridized carbons (Fsp3) is 0.217. The quantitative estimate of drug-likeness (QED) is 0.235. The SMILES string of the molecule is CCOC(=O)[C@@H]1C(=O)c2ccn(S(=O)(=O)c3ccc(C)cc3)c2[C@H]1c1cccc([N+](=O)[O-])c1. The van der Waals surface area contributed by atoms with Crippen LogP contribution in [0.15, 0.2) is 65.7 Å². The van der Waals surface area contributed by atoms with Crippen LogP contribution in [-0.4, -0.2) is 35.7 Å². The van der Waals surface area contributed by atoms with Crippen LogP contribution >= 0.6 is 0 Å². The summed E-state index contributed by atoms with van der Waals surface area (Å²) in [6.07, 6.45) is 1.27. The van der Waals surface area contributed by atoms with Crippen LogP contribution < -0.4 is 0 Å². The predicted octanol–water partition coefficient (Wildman–Crippen LogP) is 3.45. The summed E-state index contributed by atoms with van der Waals surface area (Å²) in [4.78, 5) is 36.7. The van der Waals surface area contributed by atoms with Gasteiger partial charge >= 0.3 is 5.97 Å². The number of aromatic nitrogens is 1. The van der Waals surface area contributed by atoms with E-state index in [1.165, 1.54) is 48.7 Å². The molecule has 0 saturated heterocycles. The second-order valence-corrected chi connectivity index (χ2v) is 9.47. The molecule has 0 aliphatic heterocycles. The zero-order valence-corrected chi connectivity index (χ0v) is 18.6. The van der Waals surface area contributed by atoms with Gasteiger partial charge in [0, 0.05) is 29.8 Å². The molecule has 0 bridgehead atoms. The minimum Gasteiger partial charge on any atom is -0.465 e. The number of hydrogen-bond acceptors (Lipinski definition) is 7. The molecule has 4 rings (SSSR count). The fourth-order valence-electron chi connectivity index (χ4n) is 4.11. The van der Waals surface area contributed by atoms with Gasteiger partial charge in [0.1, 0.15) is 5.92 Å². The van der Waals surface area contributed by atoms with E-state index in [2.05, 4.69) is 0 Å². The van der Waals surface area contributed by atoms with Crippen LogP contribution in [0, 0.1) is 23.0 Å². The van der Waals surface area contributed by atoms with Gasteiger partial charge in [0.2, 0.25) is 0 Å². The first-order valence-electron chi connectivity index (χ1n) is 10.2. The largest absolute Gasteiger partial charge is 0.465 e. The predicted molar refractivity (Wildman–Crippen MR) is 118 cm³/mol. The van der Waals surface area contributed by atoms with Crippen LogP contribution in [0.25, 0.3) is 0 Å². The maximum Gasteiger partial charge on any atom is 0.317 e. The van der Waals surface area contributed by atoms with Gasteiger partial charge in [-0.25, -0.2) is 12.4 Å². The molecule has 0 N–H and O–H groups in total. The number of non-ortho nitro benzene ring substituents is 1. The number of aryl methyl sites for hydroxylation is 1. The molecule has 2 aromatic carbocycles. The van der Waals surface area contributed by atoms with E-state index in [0.717, 1.165) is 9.54 Å². The molecule has 0 amide bonds. The van der Waals surface area contributed by atoms with Crippen LogP contribution in [0.5, 0.6) is 0 Å². The topological polar surface area (TPSA) is 126 Å². The molecule has 33 heavy (non-hydrogen) atoms. The van der Waals surface area contributed by atoms with Crippen molar-refractivity contribution in [2.75, 3.05) is 6.61 Å². The lowest BCUT2D eigenvalue weighted by atomic mass is 9.87. The van der Waals surface area contributed by atoms with Crippen LogP contribution in [0.4, 0.5) is 5.69 Å². The first kappa shape index (κ1) is 22.4. The monoisotopic (exact) mass is 468 g/mol. The van der Waals surface area contributed by atoms with Gasteiger partial charge in [0.05, 0.1) is 22.1 Å². The highest BCUT2D eigenvalue weighted by Crippen LogP contribution is 2.45. The Labute approximate surface area is 189 Å². The lowest BCUT2D eigenvalue weighted by Crippen LogP contribution is -2.28. The lowest BCUT2D eigenvalue weighted by Gasteiger charge is -2.21. The van der Waals surface area contributed by atoms with Gasteiger partial charge in [-0.05, 0) is 37.6 Å². The summed E-state index contributed by atoms with van der Waals surface area (Å²) in [5.74, 6) is -3.81. The van der Waals surface area contributed by atoms with Gasteiger partial charge in [-0.3, -0.25) is 19.7 Å². The second kappa shape index (κ2) is 8.28. The molecule has 9 nitrogen and oxygen atoms in total. The van der Waals surface area contributed by atoms with E-state index in [0.29, 0.717) is 0 Å². The summed E-state index contributed by atoms with van der Waals surface area (Å²) in [6, 6.07) is 13.1. The number of hydrogen-bond donors (Lipinski definition) is 0. The number of Topliss-reactive ketones (excluding diaryl/α,β-unsaturated/α-hetero) is 1. The summed E-state index contributed by atoms with van der Waals surface area (Å²) in [5, 5.41) is 11.3. The standard InChI is InChI=1S/C23H20N2O7S/c1-3-32-23(27)20-19(15-5-4-6-16(13-15)25(28)29)21-18(22(20)26)11-12-24(21)33(30,31)17-9-7-14(2)8-10-17/h4-13,19-20H,3H2,1-2H3/t19-,20-/m0/s1. The highest BCUT2D eigenvalue weighted by molar-refractivity contribution is 7.90. The van der Waals surface area contributed by atoms with Crippen LogP contribution in [0.1, 0.15) is 40.0 Å². The Morgan fingerprint density at radius 3 is 2.48 bits per heavy atom. The van der Waals surface area contributed by atoms with E-state index in [9.17, 15) is 28.1 Å². The molecule has 0 radical (unpaired) electrons. The van der Waals surface area contributed by atoms with Crippen LogP contribution in [-0.2, 0) is 19.6 Å². The van der Waals surface area contributed by atoms with Gasteiger partial charge in [-0.2, -0.15) is 0 Å². The average molecular weight is 468 g/mol. The number of ketones is 1. The lowest BCUT2D eigenvalue weighted by molar-refractivity contribution is -0.384. The van der Waals surface area contributed by atoms with Crippen molar-refractivity contribution in [1.29, 1.82) is 0 Å². The molecular weight excluding hydrogens is 448 g/mol. The van der Waals surface area contributed by atoms with Gasteiger partial charge in [0.25, 0.3) is 15.7 Å². The average Bonchev–Trinajstić information content (AvgIpc) is 3.33. The van der Waals surface area contributed by atoms with Gasteiger partial charge in [0.15, 0.2) is 5.78 Å². The van der Waals surface area contributed by atoms with Crippen molar-refractivity contribution in [2.45, 2.75) is 24.7 Å². The molecule has 0 fully saturated rings. The molecule has 10 heteroatoms. The fourth-order valence-corrected chi connectivity index (χ4v) is 5.51. The molecule has 0 saturated carbocycles. The normalized spacial score (nSPS) is 17.6. The van der Waals surface area contributed by atoms with Gasteiger partial charge in [-0.15, -0.1) is 0 Å².